The standard InChI is InChI=1S/C25H34N4O4/c1-3-4-10-22(27-24(31)19-11-12-23(30)29(18-19)15-16-33-2)25(32)26-20-8-7-9-21(17-20)28-13-5-6-14-28/h7-9,11-12,17-18,22H,3-6,10,13-16H2,1-2H3,(H,26,32)(H,27,31). The second-order valence-corrected chi connectivity index (χ2v) is 8.34. The molecule has 1 unspecified atom stereocenters. The van der Waals surface area contributed by atoms with Crippen molar-refractivity contribution in [3.63, 3.8) is 0 Å². The number of nitrogens with zero attached hydrogens (tertiary/aromatic N) is 2. The smallest absolute Gasteiger partial charge is 0.253 e. The van der Waals surface area contributed by atoms with Crippen LogP contribution in [-0.4, -0.2) is 49.2 Å². The van der Waals surface area contributed by atoms with Gasteiger partial charge in [0.15, 0.2) is 0 Å². The van der Waals surface area contributed by atoms with Crippen molar-refractivity contribution in [1.29, 1.82) is 0 Å². The van der Waals surface area contributed by atoms with Gasteiger partial charge in [0, 0.05) is 50.4 Å². The first-order valence-corrected chi connectivity index (χ1v) is 11.7. The molecule has 1 atom stereocenters. The molecule has 0 bridgehead atoms. The lowest BCUT2D eigenvalue weighted by Gasteiger charge is -2.21. The number of methoxy groups -OCH3 is 1. The Hall–Kier alpha value is -3.13. The Kier molecular flexibility index (Phi) is 9.06. The summed E-state index contributed by atoms with van der Waals surface area (Å²) in [5.74, 6) is -0.633. The van der Waals surface area contributed by atoms with Gasteiger partial charge in [0.25, 0.3) is 11.5 Å². The van der Waals surface area contributed by atoms with Gasteiger partial charge in [-0.15, -0.1) is 0 Å². The van der Waals surface area contributed by atoms with Crippen LogP contribution in [0, 0.1) is 0 Å². The lowest BCUT2D eigenvalue weighted by Crippen LogP contribution is -2.44. The lowest BCUT2D eigenvalue weighted by molar-refractivity contribution is -0.118. The Morgan fingerprint density at radius 2 is 1.94 bits per heavy atom. The van der Waals surface area contributed by atoms with E-state index in [1.165, 1.54) is 35.7 Å². The largest absolute Gasteiger partial charge is 0.383 e. The van der Waals surface area contributed by atoms with E-state index in [0.717, 1.165) is 31.6 Å². The number of carbonyl (C=O) groups excluding carboxylic acids is 2. The van der Waals surface area contributed by atoms with E-state index in [4.69, 9.17) is 4.74 Å². The van der Waals surface area contributed by atoms with Gasteiger partial charge in [-0.2, -0.15) is 0 Å². The molecule has 178 valence electrons. The van der Waals surface area contributed by atoms with E-state index in [1.54, 1.807) is 7.11 Å². The van der Waals surface area contributed by atoms with Gasteiger partial charge in [-0.3, -0.25) is 14.4 Å². The maximum Gasteiger partial charge on any atom is 0.253 e. The number of anilines is 2. The van der Waals surface area contributed by atoms with E-state index in [2.05, 4.69) is 21.6 Å². The van der Waals surface area contributed by atoms with E-state index in [0.29, 0.717) is 30.8 Å². The molecule has 3 rings (SSSR count). The SMILES string of the molecule is CCCCC(NC(=O)c1ccc(=O)n(CCOC)c1)C(=O)Nc1cccc(N2CCCC2)c1. The highest BCUT2D eigenvalue weighted by molar-refractivity contribution is 6.01. The number of aromatic nitrogens is 1. The number of rotatable bonds is 11. The first-order valence-electron chi connectivity index (χ1n) is 11.7. The molecule has 1 saturated heterocycles. The first-order chi connectivity index (χ1) is 16.0. The number of hydrogen-bond donors (Lipinski definition) is 2. The number of unbranched alkanes of at least 4 members (excludes halogenated alkanes) is 1. The van der Waals surface area contributed by atoms with Crippen LogP contribution in [0.1, 0.15) is 49.4 Å². The van der Waals surface area contributed by atoms with E-state index in [1.807, 2.05) is 25.1 Å². The topological polar surface area (TPSA) is 92.7 Å². The van der Waals surface area contributed by atoms with E-state index < -0.39 is 6.04 Å². The highest BCUT2D eigenvalue weighted by atomic mass is 16.5. The number of ether oxygens (including phenoxy) is 1. The fourth-order valence-electron chi connectivity index (χ4n) is 3.93. The molecular formula is C25H34N4O4. The number of carbonyl (C=O) groups is 2. The molecule has 33 heavy (non-hydrogen) atoms. The molecule has 1 aromatic carbocycles. The minimum absolute atomic E-state index is 0.207. The molecule has 2 N–H and O–H groups in total. The van der Waals surface area contributed by atoms with E-state index in [9.17, 15) is 14.4 Å². The molecule has 1 aliphatic rings. The average molecular weight is 455 g/mol. The molecule has 2 aromatic rings. The fourth-order valence-corrected chi connectivity index (χ4v) is 3.93. The van der Waals surface area contributed by atoms with Crippen molar-refractivity contribution >= 4 is 23.2 Å². The van der Waals surface area contributed by atoms with Crippen LogP contribution in [0.2, 0.25) is 0 Å². The van der Waals surface area contributed by atoms with Crippen molar-refractivity contribution < 1.29 is 14.3 Å². The van der Waals surface area contributed by atoms with Crippen LogP contribution in [0.3, 0.4) is 0 Å². The van der Waals surface area contributed by atoms with Gasteiger partial charge in [0.1, 0.15) is 6.04 Å². The molecule has 8 nitrogen and oxygen atoms in total. The van der Waals surface area contributed by atoms with Gasteiger partial charge in [-0.25, -0.2) is 0 Å². The Bertz CT molecular complexity index is 998. The summed E-state index contributed by atoms with van der Waals surface area (Å²) in [6.45, 7) is 4.81. The van der Waals surface area contributed by atoms with Crippen molar-refractivity contribution in [1.82, 2.24) is 9.88 Å². The molecule has 0 aliphatic carbocycles. The lowest BCUT2D eigenvalue weighted by atomic mass is 10.1. The fraction of sp³-hybridized carbons (Fsp3) is 0.480. The molecular weight excluding hydrogens is 420 g/mol. The molecule has 0 saturated carbocycles. The summed E-state index contributed by atoms with van der Waals surface area (Å²) in [5.41, 5.74) is 1.93. The average Bonchev–Trinajstić information content (AvgIpc) is 3.36. The maximum atomic E-state index is 13.1. The molecule has 2 heterocycles. The normalized spacial score (nSPS) is 14.2. The Morgan fingerprint density at radius 1 is 1.15 bits per heavy atom. The second kappa shape index (κ2) is 12.2. The third-order valence-electron chi connectivity index (χ3n) is 5.84. The summed E-state index contributed by atoms with van der Waals surface area (Å²) in [5, 5.41) is 5.82. The molecule has 1 fully saturated rings. The summed E-state index contributed by atoms with van der Waals surface area (Å²) in [6, 6.07) is 10.00. The van der Waals surface area contributed by atoms with Crippen LogP contribution in [0.15, 0.2) is 47.4 Å². The van der Waals surface area contributed by atoms with Gasteiger partial charge in [-0.1, -0.05) is 25.8 Å². The Labute approximate surface area is 194 Å². The minimum Gasteiger partial charge on any atom is -0.383 e. The highest BCUT2D eigenvalue weighted by Crippen LogP contribution is 2.23. The molecule has 1 aromatic heterocycles. The quantitative estimate of drug-likeness (QED) is 0.545. The van der Waals surface area contributed by atoms with Crippen molar-refractivity contribution in [2.24, 2.45) is 0 Å². The number of benzene rings is 1. The van der Waals surface area contributed by atoms with Gasteiger partial charge in [0.2, 0.25) is 5.91 Å². The zero-order chi connectivity index (χ0) is 23.6. The summed E-state index contributed by atoms with van der Waals surface area (Å²) < 4.78 is 6.46. The molecule has 8 heteroatoms. The number of amides is 2. The van der Waals surface area contributed by atoms with Crippen LogP contribution in [0.4, 0.5) is 11.4 Å². The zero-order valence-corrected chi connectivity index (χ0v) is 19.5. The van der Waals surface area contributed by atoms with Crippen molar-refractivity contribution in [3.05, 3.63) is 58.5 Å². The number of pyridine rings is 1. The molecule has 1 aliphatic heterocycles. The highest BCUT2D eigenvalue weighted by Gasteiger charge is 2.22. The number of nitrogens with one attached hydrogen (secondary N) is 2. The monoisotopic (exact) mass is 454 g/mol. The van der Waals surface area contributed by atoms with E-state index in [-0.39, 0.29) is 17.4 Å². The zero-order valence-electron chi connectivity index (χ0n) is 19.5. The predicted octanol–water partition coefficient (Wildman–Crippen LogP) is 3.02. The molecule has 0 spiro atoms. The van der Waals surface area contributed by atoms with E-state index >= 15 is 0 Å². The van der Waals surface area contributed by atoms with Crippen LogP contribution in [0.5, 0.6) is 0 Å². The summed E-state index contributed by atoms with van der Waals surface area (Å²) in [6.07, 6.45) is 6.11. The second-order valence-electron chi connectivity index (χ2n) is 8.34. The summed E-state index contributed by atoms with van der Waals surface area (Å²) in [7, 11) is 1.55. The van der Waals surface area contributed by atoms with Gasteiger partial charge in [-0.05, 0) is 43.5 Å². The van der Waals surface area contributed by atoms with Crippen LogP contribution in [0.25, 0.3) is 0 Å². The molecule has 0 radical (unpaired) electrons. The van der Waals surface area contributed by atoms with Crippen LogP contribution >= 0.6 is 0 Å². The summed E-state index contributed by atoms with van der Waals surface area (Å²) >= 11 is 0. The Morgan fingerprint density at radius 3 is 2.67 bits per heavy atom. The predicted molar refractivity (Wildman–Crippen MR) is 130 cm³/mol. The third kappa shape index (κ3) is 6.92. The van der Waals surface area contributed by atoms with Crippen molar-refractivity contribution in [2.45, 2.75) is 51.6 Å². The van der Waals surface area contributed by atoms with Crippen molar-refractivity contribution in [3.8, 4) is 0 Å². The van der Waals surface area contributed by atoms with Crippen LogP contribution < -0.4 is 21.1 Å². The minimum atomic E-state index is -0.674. The summed E-state index contributed by atoms with van der Waals surface area (Å²) in [4.78, 5) is 40.3. The third-order valence-corrected chi connectivity index (χ3v) is 5.84. The molecule has 2 amide bonds. The number of hydrogen-bond acceptors (Lipinski definition) is 5. The van der Waals surface area contributed by atoms with Gasteiger partial charge < -0.3 is 24.8 Å². The Balaban J connectivity index is 1.70. The van der Waals surface area contributed by atoms with Gasteiger partial charge in [0.05, 0.1) is 12.2 Å². The van der Waals surface area contributed by atoms with Crippen LogP contribution in [-0.2, 0) is 16.1 Å². The maximum absolute atomic E-state index is 13.1. The van der Waals surface area contributed by atoms with Crippen molar-refractivity contribution in [2.75, 3.05) is 37.0 Å². The first kappa shape index (κ1) is 24.5. The van der Waals surface area contributed by atoms with Gasteiger partial charge >= 0.3 is 0 Å².